The Morgan fingerprint density at radius 3 is 2.44 bits per heavy atom. The Labute approximate surface area is 95.6 Å². The van der Waals surface area contributed by atoms with Crippen molar-refractivity contribution in [3.05, 3.63) is 0 Å². The van der Waals surface area contributed by atoms with E-state index in [0.717, 1.165) is 0 Å². The fourth-order valence-corrected chi connectivity index (χ4v) is 1.14. The molecule has 16 heavy (non-hydrogen) atoms. The number of rotatable bonds is 6. The maximum atomic E-state index is 11.6. The highest BCUT2D eigenvalue weighted by atomic mass is 16.5. The molecule has 0 spiro atoms. The third-order valence-electron chi connectivity index (χ3n) is 2.39. The molecule has 6 heteroatoms. The zero-order valence-electron chi connectivity index (χ0n) is 10.2. The third kappa shape index (κ3) is 4.48. The monoisotopic (exact) mass is 232 g/mol. The van der Waals surface area contributed by atoms with Crippen LogP contribution in [0.25, 0.3) is 0 Å². The quantitative estimate of drug-likeness (QED) is 0.700. The molecule has 0 saturated carbocycles. The largest absolute Gasteiger partial charge is 0.480 e. The average molecular weight is 232 g/mol. The zero-order valence-corrected chi connectivity index (χ0v) is 10.2. The molecule has 0 aliphatic heterocycles. The normalized spacial score (nSPS) is 14.0. The molecule has 0 fully saturated rings. The van der Waals surface area contributed by atoms with Gasteiger partial charge in [-0.15, -0.1) is 0 Å². The van der Waals surface area contributed by atoms with Gasteiger partial charge in [-0.05, 0) is 13.3 Å². The Balaban J connectivity index is 4.28. The summed E-state index contributed by atoms with van der Waals surface area (Å²) in [5.41, 5.74) is 0. The Hall–Kier alpha value is -1.30. The molecule has 0 aromatic carbocycles. The van der Waals surface area contributed by atoms with Crippen molar-refractivity contribution in [1.82, 2.24) is 10.2 Å². The highest BCUT2D eigenvalue weighted by Gasteiger charge is 2.22. The minimum Gasteiger partial charge on any atom is -0.480 e. The summed E-state index contributed by atoms with van der Waals surface area (Å²) < 4.78 is 4.92. The number of carbonyl (C=O) groups excluding carboxylic acids is 1. The van der Waals surface area contributed by atoms with Gasteiger partial charge in [0.05, 0.1) is 12.6 Å². The molecule has 0 radical (unpaired) electrons. The first-order valence-electron chi connectivity index (χ1n) is 5.19. The molecule has 6 nitrogen and oxygen atoms in total. The topological polar surface area (TPSA) is 78.9 Å². The maximum Gasteiger partial charge on any atom is 0.326 e. The lowest BCUT2D eigenvalue weighted by atomic mass is 10.2. The van der Waals surface area contributed by atoms with Crippen molar-refractivity contribution < 1.29 is 19.4 Å². The van der Waals surface area contributed by atoms with Crippen LogP contribution in [0, 0.1) is 0 Å². The van der Waals surface area contributed by atoms with Gasteiger partial charge in [0.2, 0.25) is 0 Å². The first kappa shape index (κ1) is 14.7. The number of nitrogens with zero attached hydrogens (tertiary/aromatic N) is 1. The lowest BCUT2D eigenvalue weighted by Gasteiger charge is -2.26. The van der Waals surface area contributed by atoms with E-state index in [9.17, 15) is 9.59 Å². The predicted molar refractivity (Wildman–Crippen MR) is 59.3 cm³/mol. The first-order valence-corrected chi connectivity index (χ1v) is 5.19. The van der Waals surface area contributed by atoms with E-state index in [1.165, 1.54) is 4.90 Å². The number of methoxy groups -OCH3 is 1. The van der Waals surface area contributed by atoms with Crippen LogP contribution in [0.5, 0.6) is 0 Å². The van der Waals surface area contributed by atoms with Crippen LogP contribution in [0.2, 0.25) is 0 Å². The summed E-state index contributed by atoms with van der Waals surface area (Å²) in [5, 5.41) is 11.2. The van der Waals surface area contributed by atoms with Gasteiger partial charge < -0.3 is 20.1 Å². The van der Waals surface area contributed by atoms with Gasteiger partial charge in [-0.3, -0.25) is 0 Å². The lowest BCUT2D eigenvalue weighted by molar-refractivity contribution is -0.139. The van der Waals surface area contributed by atoms with Crippen LogP contribution in [-0.2, 0) is 9.53 Å². The van der Waals surface area contributed by atoms with E-state index in [-0.39, 0.29) is 6.04 Å². The molecule has 2 amide bonds. The Morgan fingerprint density at radius 1 is 1.50 bits per heavy atom. The highest BCUT2D eigenvalue weighted by Crippen LogP contribution is 1.99. The van der Waals surface area contributed by atoms with Crippen LogP contribution < -0.4 is 5.32 Å². The molecular weight excluding hydrogens is 212 g/mol. The Morgan fingerprint density at radius 2 is 2.06 bits per heavy atom. The maximum absolute atomic E-state index is 11.6. The Bertz CT molecular complexity index is 245. The molecule has 0 bridgehead atoms. The van der Waals surface area contributed by atoms with Gasteiger partial charge in [0.1, 0.15) is 6.04 Å². The minimum absolute atomic E-state index is 0.101. The summed E-state index contributed by atoms with van der Waals surface area (Å²) >= 11 is 0. The summed E-state index contributed by atoms with van der Waals surface area (Å²) in [4.78, 5) is 23.8. The summed E-state index contributed by atoms with van der Waals surface area (Å²) in [6.07, 6.45) is 0.355. The number of hydrogen-bond acceptors (Lipinski definition) is 3. The van der Waals surface area contributed by atoms with Crippen molar-refractivity contribution in [2.24, 2.45) is 0 Å². The number of aliphatic carboxylic acids is 1. The van der Waals surface area contributed by atoms with Crippen molar-refractivity contribution in [2.75, 3.05) is 20.8 Å². The number of hydrogen-bond donors (Lipinski definition) is 2. The van der Waals surface area contributed by atoms with Crippen LogP contribution >= 0.6 is 0 Å². The standard InChI is InChI=1S/C10H20N2O4/c1-5-8(9(13)14)11-10(15)12(3)7(2)6-16-4/h7-8H,5-6H2,1-4H3,(H,11,15)(H,13,14)/t7?,8-/m0/s1. The third-order valence-corrected chi connectivity index (χ3v) is 2.39. The van der Waals surface area contributed by atoms with Crippen LogP contribution in [0.3, 0.4) is 0 Å². The second-order valence-corrected chi connectivity index (χ2v) is 3.66. The van der Waals surface area contributed by atoms with Gasteiger partial charge in [0.25, 0.3) is 0 Å². The number of nitrogens with one attached hydrogen (secondary N) is 1. The van der Waals surface area contributed by atoms with E-state index in [1.807, 2.05) is 6.92 Å². The molecule has 0 saturated heterocycles. The van der Waals surface area contributed by atoms with Gasteiger partial charge in [0, 0.05) is 14.2 Å². The SMILES string of the molecule is CC[C@H](NC(=O)N(C)C(C)COC)C(=O)O. The van der Waals surface area contributed by atoms with Crippen molar-refractivity contribution in [3.63, 3.8) is 0 Å². The molecule has 0 rings (SSSR count). The number of ether oxygens (including phenoxy) is 1. The smallest absolute Gasteiger partial charge is 0.326 e. The molecule has 0 aliphatic carbocycles. The average Bonchev–Trinajstić information content (AvgIpc) is 2.24. The lowest BCUT2D eigenvalue weighted by Crippen LogP contribution is -2.49. The van der Waals surface area contributed by atoms with Crippen molar-refractivity contribution >= 4 is 12.0 Å². The van der Waals surface area contributed by atoms with E-state index < -0.39 is 18.0 Å². The molecule has 1 unspecified atom stereocenters. The predicted octanol–water partition coefficient (Wildman–Crippen LogP) is 0.526. The number of carboxylic acids is 1. The minimum atomic E-state index is -1.02. The van der Waals surface area contributed by atoms with Crippen molar-refractivity contribution in [2.45, 2.75) is 32.4 Å². The molecule has 2 atom stereocenters. The number of likely N-dealkylation sites (N-methyl/N-ethyl adjacent to an activating group) is 1. The summed E-state index contributed by atoms with van der Waals surface area (Å²) in [5.74, 6) is -1.02. The Kier molecular flexibility index (Phi) is 6.48. The second-order valence-electron chi connectivity index (χ2n) is 3.66. The molecule has 0 aromatic heterocycles. The van der Waals surface area contributed by atoms with E-state index in [2.05, 4.69) is 5.32 Å². The van der Waals surface area contributed by atoms with Crippen molar-refractivity contribution in [3.8, 4) is 0 Å². The van der Waals surface area contributed by atoms with Gasteiger partial charge >= 0.3 is 12.0 Å². The van der Waals surface area contributed by atoms with Crippen molar-refractivity contribution in [1.29, 1.82) is 0 Å². The molecule has 0 heterocycles. The van der Waals surface area contributed by atoms with Gasteiger partial charge in [-0.25, -0.2) is 9.59 Å². The summed E-state index contributed by atoms with van der Waals surface area (Å²) in [6, 6.07) is -1.35. The second kappa shape index (κ2) is 7.05. The number of carbonyl (C=O) groups is 2. The highest BCUT2D eigenvalue weighted by molar-refractivity contribution is 5.82. The number of urea groups is 1. The van der Waals surface area contributed by atoms with Gasteiger partial charge in [-0.2, -0.15) is 0 Å². The van der Waals surface area contributed by atoms with Crippen LogP contribution in [-0.4, -0.2) is 54.9 Å². The number of amides is 2. The molecular formula is C10H20N2O4. The summed E-state index contributed by atoms with van der Waals surface area (Å²) in [7, 11) is 3.15. The molecule has 0 aliphatic rings. The van der Waals surface area contributed by atoms with Crippen LogP contribution in [0.4, 0.5) is 4.79 Å². The van der Waals surface area contributed by atoms with Gasteiger partial charge in [0.15, 0.2) is 0 Å². The molecule has 0 aromatic rings. The fraction of sp³-hybridized carbons (Fsp3) is 0.800. The van der Waals surface area contributed by atoms with Crippen LogP contribution in [0.1, 0.15) is 20.3 Å². The van der Waals surface area contributed by atoms with E-state index in [1.54, 1.807) is 21.1 Å². The van der Waals surface area contributed by atoms with Crippen LogP contribution in [0.15, 0.2) is 0 Å². The molecule has 94 valence electrons. The van der Waals surface area contributed by atoms with E-state index in [0.29, 0.717) is 13.0 Å². The van der Waals surface area contributed by atoms with Gasteiger partial charge in [-0.1, -0.05) is 6.92 Å². The summed E-state index contributed by atoms with van der Waals surface area (Å²) in [6.45, 7) is 3.94. The fourth-order valence-electron chi connectivity index (χ4n) is 1.14. The molecule has 2 N–H and O–H groups in total. The zero-order chi connectivity index (χ0) is 12.7. The van der Waals surface area contributed by atoms with E-state index in [4.69, 9.17) is 9.84 Å². The van der Waals surface area contributed by atoms with E-state index >= 15 is 0 Å². The first-order chi connectivity index (χ1) is 7.43. The number of carboxylic acid groups (broad SMARTS) is 1.